The molecule has 3 rings (SSSR count). The molecule has 0 saturated carbocycles. The number of benzene rings is 3. The summed E-state index contributed by atoms with van der Waals surface area (Å²) in [6.07, 6.45) is 2.21. The molecule has 0 aliphatic carbocycles. The van der Waals surface area contributed by atoms with Crippen LogP contribution in [0.15, 0.2) is 85.5 Å². The molecular weight excluding hydrogens is 376 g/mol. The summed E-state index contributed by atoms with van der Waals surface area (Å²) < 4.78 is 11.0. The van der Waals surface area contributed by atoms with Gasteiger partial charge in [0.25, 0.3) is 0 Å². The van der Waals surface area contributed by atoms with E-state index in [-0.39, 0.29) is 16.5 Å². The number of carbonyl (C=O) groups excluding carboxylic acids is 2. The fraction of sp³-hybridized carbons (Fsp3) is 0.0435. The SMILES string of the molecule is C=CCc1cc(Cl)c(OC(=O)c2ccccc2)c(OC(=O)c2ccccc2)c1. The van der Waals surface area contributed by atoms with Gasteiger partial charge >= 0.3 is 11.9 Å². The smallest absolute Gasteiger partial charge is 0.343 e. The van der Waals surface area contributed by atoms with Crippen LogP contribution in [0.3, 0.4) is 0 Å². The maximum atomic E-state index is 12.5. The number of ether oxygens (including phenoxy) is 2. The third-order valence-corrected chi connectivity index (χ3v) is 4.15. The van der Waals surface area contributed by atoms with E-state index < -0.39 is 11.9 Å². The van der Waals surface area contributed by atoms with E-state index in [9.17, 15) is 9.59 Å². The van der Waals surface area contributed by atoms with Gasteiger partial charge in [-0.15, -0.1) is 6.58 Å². The van der Waals surface area contributed by atoms with E-state index in [1.54, 1.807) is 78.9 Å². The van der Waals surface area contributed by atoms with Gasteiger partial charge in [0.05, 0.1) is 16.1 Å². The number of rotatable bonds is 6. The summed E-state index contributed by atoms with van der Waals surface area (Å²) in [5, 5.41) is 0.166. The highest BCUT2D eigenvalue weighted by Crippen LogP contribution is 2.38. The molecule has 28 heavy (non-hydrogen) atoms. The molecule has 3 aromatic rings. The van der Waals surface area contributed by atoms with E-state index in [1.807, 2.05) is 0 Å². The van der Waals surface area contributed by atoms with Crippen molar-refractivity contribution in [3.05, 3.63) is 107 Å². The third-order valence-electron chi connectivity index (χ3n) is 3.87. The Kier molecular flexibility index (Phi) is 6.25. The molecule has 0 amide bonds. The minimum Gasteiger partial charge on any atom is -0.419 e. The normalized spacial score (nSPS) is 10.2. The van der Waals surface area contributed by atoms with Gasteiger partial charge in [0.15, 0.2) is 11.5 Å². The largest absolute Gasteiger partial charge is 0.419 e. The molecule has 0 unspecified atom stereocenters. The van der Waals surface area contributed by atoms with Gasteiger partial charge in [-0.2, -0.15) is 0 Å². The Morgan fingerprint density at radius 1 is 0.857 bits per heavy atom. The molecule has 0 fully saturated rings. The summed E-state index contributed by atoms with van der Waals surface area (Å²) in [7, 11) is 0. The molecule has 0 spiro atoms. The fourth-order valence-corrected chi connectivity index (χ4v) is 2.81. The number of carbonyl (C=O) groups is 2. The van der Waals surface area contributed by atoms with Crippen molar-refractivity contribution in [2.75, 3.05) is 0 Å². The highest BCUT2D eigenvalue weighted by Gasteiger charge is 2.20. The minimum absolute atomic E-state index is 0.00684. The quantitative estimate of drug-likeness (QED) is 0.315. The molecule has 0 aliphatic rings. The van der Waals surface area contributed by atoms with E-state index in [0.717, 1.165) is 5.56 Å². The molecule has 0 aliphatic heterocycles. The molecule has 0 heterocycles. The first-order chi connectivity index (χ1) is 13.6. The second kappa shape index (κ2) is 9.02. The predicted octanol–water partition coefficient (Wildman–Crippen LogP) is 5.51. The van der Waals surface area contributed by atoms with Crippen LogP contribution in [0.1, 0.15) is 26.3 Å². The van der Waals surface area contributed by atoms with E-state index in [4.69, 9.17) is 21.1 Å². The highest BCUT2D eigenvalue weighted by molar-refractivity contribution is 6.32. The van der Waals surface area contributed by atoms with E-state index >= 15 is 0 Å². The summed E-state index contributed by atoms with van der Waals surface area (Å²) in [4.78, 5) is 24.9. The number of allylic oxidation sites excluding steroid dienone is 1. The van der Waals surface area contributed by atoms with Crippen molar-refractivity contribution in [2.24, 2.45) is 0 Å². The summed E-state index contributed by atoms with van der Waals surface area (Å²) in [5.41, 5.74) is 1.50. The zero-order chi connectivity index (χ0) is 19.9. The van der Waals surface area contributed by atoms with Gasteiger partial charge in [0.2, 0.25) is 0 Å². The molecule has 0 atom stereocenters. The molecule has 0 saturated heterocycles. The molecule has 4 nitrogen and oxygen atoms in total. The van der Waals surface area contributed by atoms with Crippen LogP contribution in [-0.4, -0.2) is 11.9 Å². The predicted molar refractivity (Wildman–Crippen MR) is 108 cm³/mol. The monoisotopic (exact) mass is 392 g/mol. The van der Waals surface area contributed by atoms with Gasteiger partial charge in [0, 0.05) is 0 Å². The first-order valence-corrected chi connectivity index (χ1v) is 8.94. The summed E-state index contributed by atoms with van der Waals surface area (Å²) in [5.74, 6) is -1.12. The van der Waals surface area contributed by atoms with Crippen LogP contribution in [0.5, 0.6) is 11.5 Å². The van der Waals surface area contributed by atoms with Crippen molar-refractivity contribution in [3.8, 4) is 11.5 Å². The topological polar surface area (TPSA) is 52.6 Å². The molecular formula is C23H17ClO4. The van der Waals surface area contributed by atoms with Crippen molar-refractivity contribution in [2.45, 2.75) is 6.42 Å². The zero-order valence-corrected chi connectivity index (χ0v) is 15.7. The molecule has 140 valence electrons. The zero-order valence-electron chi connectivity index (χ0n) is 14.9. The van der Waals surface area contributed by atoms with Gasteiger partial charge in [0.1, 0.15) is 0 Å². The number of hydrogen-bond acceptors (Lipinski definition) is 4. The second-order valence-corrected chi connectivity index (χ2v) is 6.32. The number of esters is 2. The Morgan fingerprint density at radius 3 is 1.93 bits per heavy atom. The van der Waals surface area contributed by atoms with E-state index in [2.05, 4.69) is 6.58 Å². The van der Waals surface area contributed by atoms with Gasteiger partial charge in [-0.1, -0.05) is 54.1 Å². The number of halogens is 1. The molecule has 0 bridgehead atoms. The van der Waals surface area contributed by atoms with E-state index in [0.29, 0.717) is 17.5 Å². The Morgan fingerprint density at radius 2 is 1.39 bits per heavy atom. The van der Waals surface area contributed by atoms with Gasteiger partial charge < -0.3 is 9.47 Å². The third kappa shape index (κ3) is 4.67. The van der Waals surface area contributed by atoms with Crippen molar-refractivity contribution >= 4 is 23.5 Å². The highest BCUT2D eigenvalue weighted by atomic mass is 35.5. The maximum absolute atomic E-state index is 12.5. The van der Waals surface area contributed by atoms with Gasteiger partial charge in [-0.25, -0.2) is 9.59 Å². The lowest BCUT2D eigenvalue weighted by Gasteiger charge is -2.14. The average Bonchev–Trinajstić information content (AvgIpc) is 2.72. The molecule has 0 N–H and O–H groups in total. The van der Waals surface area contributed by atoms with Crippen molar-refractivity contribution < 1.29 is 19.1 Å². The first kappa shape index (κ1) is 19.4. The lowest BCUT2D eigenvalue weighted by Crippen LogP contribution is -2.13. The van der Waals surface area contributed by atoms with Crippen LogP contribution in [0.25, 0.3) is 0 Å². The standard InChI is InChI=1S/C23H17ClO4/c1-2-9-16-14-19(24)21(28-23(26)18-12-7-4-8-13-18)20(15-16)27-22(25)17-10-5-3-6-11-17/h2-8,10-15H,1,9H2. The minimum atomic E-state index is -0.601. The van der Waals surface area contributed by atoms with Crippen LogP contribution < -0.4 is 9.47 Å². The number of hydrogen-bond donors (Lipinski definition) is 0. The molecule has 5 heteroatoms. The summed E-state index contributed by atoms with van der Waals surface area (Å²) in [6.45, 7) is 3.70. The molecule has 0 radical (unpaired) electrons. The summed E-state index contributed by atoms with van der Waals surface area (Å²) in [6, 6.07) is 20.3. The van der Waals surface area contributed by atoms with Crippen LogP contribution in [0.2, 0.25) is 5.02 Å². The Balaban J connectivity index is 1.94. The first-order valence-electron chi connectivity index (χ1n) is 8.56. The van der Waals surface area contributed by atoms with Crippen LogP contribution in [0.4, 0.5) is 0 Å². The van der Waals surface area contributed by atoms with Gasteiger partial charge in [-0.05, 0) is 48.4 Å². The van der Waals surface area contributed by atoms with Crippen molar-refractivity contribution in [3.63, 3.8) is 0 Å². The Labute approximate surface area is 168 Å². The molecule has 0 aromatic heterocycles. The Hall–Kier alpha value is -3.37. The van der Waals surface area contributed by atoms with Crippen molar-refractivity contribution in [1.29, 1.82) is 0 Å². The van der Waals surface area contributed by atoms with Crippen molar-refractivity contribution in [1.82, 2.24) is 0 Å². The second-order valence-electron chi connectivity index (χ2n) is 5.91. The lowest BCUT2D eigenvalue weighted by atomic mass is 10.1. The summed E-state index contributed by atoms with van der Waals surface area (Å²) >= 11 is 6.33. The lowest BCUT2D eigenvalue weighted by molar-refractivity contribution is 0.0682. The van der Waals surface area contributed by atoms with Crippen LogP contribution >= 0.6 is 11.6 Å². The molecule has 3 aromatic carbocycles. The van der Waals surface area contributed by atoms with Crippen LogP contribution in [-0.2, 0) is 6.42 Å². The average molecular weight is 393 g/mol. The fourth-order valence-electron chi connectivity index (χ4n) is 2.54. The van der Waals surface area contributed by atoms with Gasteiger partial charge in [-0.3, -0.25) is 0 Å². The van der Waals surface area contributed by atoms with E-state index in [1.165, 1.54) is 0 Å². The Bertz CT molecular complexity index is 998. The van der Waals surface area contributed by atoms with Crippen LogP contribution in [0, 0.1) is 0 Å². The maximum Gasteiger partial charge on any atom is 0.343 e.